The lowest BCUT2D eigenvalue weighted by Gasteiger charge is -2.36. The fraction of sp³-hybridized carbons (Fsp3) is 0.750. The number of rotatable bonds is 8. The highest BCUT2D eigenvalue weighted by Crippen LogP contribution is 2.30. The zero-order chi connectivity index (χ0) is 29.1. The number of fused-ring (bicyclic) bond motifs is 1. The normalized spacial score (nSPS) is 24.6. The topological polar surface area (TPSA) is 91.3 Å². The number of anilines is 1. The molecule has 8 nitrogen and oxygen atoms in total. The van der Waals surface area contributed by atoms with Gasteiger partial charge in [-0.3, -0.25) is 9.59 Å². The van der Waals surface area contributed by atoms with Crippen molar-refractivity contribution in [2.24, 2.45) is 11.8 Å². The molecule has 1 aliphatic heterocycles. The lowest BCUT2D eigenvalue weighted by molar-refractivity contribution is -0.120. The first-order chi connectivity index (χ1) is 19.2. The van der Waals surface area contributed by atoms with Crippen molar-refractivity contribution >= 4 is 17.5 Å². The fourth-order valence-corrected chi connectivity index (χ4v) is 5.85. The second-order valence-corrected chi connectivity index (χ2v) is 12.1. The van der Waals surface area contributed by atoms with Gasteiger partial charge in [0.2, 0.25) is 5.91 Å². The molecule has 0 aromatic heterocycles. The van der Waals surface area contributed by atoms with Crippen LogP contribution in [0.2, 0.25) is 0 Å². The van der Waals surface area contributed by atoms with Crippen molar-refractivity contribution in [1.82, 2.24) is 9.80 Å². The van der Waals surface area contributed by atoms with Gasteiger partial charge in [0.15, 0.2) is 0 Å². The molecule has 0 radical (unpaired) electrons. The number of aliphatic hydroxyl groups excluding tert-OH is 1. The Balaban J connectivity index is 1.92. The molecule has 8 heteroatoms. The molecule has 0 bridgehead atoms. The average Bonchev–Trinajstić information content (AvgIpc) is 2.95. The summed E-state index contributed by atoms with van der Waals surface area (Å²) >= 11 is 0. The van der Waals surface area contributed by atoms with Gasteiger partial charge in [0.05, 0.1) is 30.4 Å². The molecule has 3 rings (SSSR count). The van der Waals surface area contributed by atoms with Crippen LogP contribution in [0, 0.1) is 11.8 Å². The zero-order valence-electron chi connectivity index (χ0n) is 25.5. The van der Waals surface area contributed by atoms with Gasteiger partial charge in [0, 0.05) is 37.2 Å². The predicted molar refractivity (Wildman–Crippen MR) is 160 cm³/mol. The van der Waals surface area contributed by atoms with Crippen molar-refractivity contribution in [3.8, 4) is 5.75 Å². The minimum absolute atomic E-state index is 0.0175. The second-order valence-electron chi connectivity index (χ2n) is 12.1. The van der Waals surface area contributed by atoms with E-state index in [0.29, 0.717) is 30.2 Å². The molecule has 40 heavy (non-hydrogen) atoms. The summed E-state index contributed by atoms with van der Waals surface area (Å²) in [5.74, 6) is 0.403. The van der Waals surface area contributed by atoms with Gasteiger partial charge in [-0.1, -0.05) is 33.1 Å². The molecule has 1 aliphatic carbocycles. The molecule has 1 heterocycles. The Morgan fingerprint density at radius 1 is 1.15 bits per heavy atom. The van der Waals surface area contributed by atoms with Crippen LogP contribution in [-0.4, -0.2) is 84.9 Å². The first kappa shape index (κ1) is 32.4. The predicted octanol–water partition coefficient (Wildman–Crippen LogP) is 5.34. The molecule has 4 atom stereocenters. The Morgan fingerprint density at radius 2 is 1.88 bits per heavy atom. The van der Waals surface area contributed by atoms with E-state index in [-0.39, 0.29) is 48.5 Å². The second kappa shape index (κ2) is 16.3. The molecular weight excluding hydrogens is 506 g/mol. The quantitative estimate of drug-likeness (QED) is 0.447. The van der Waals surface area contributed by atoms with Crippen molar-refractivity contribution in [3.63, 3.8) is 0 Å². The highest BCUT2D eigenvalue weighted by molar-refractivity contribution is 6.00. The number of nitrogens with zero attached hydrogens (tertiary/aromatic N) is 2. The summed E-state index contributed by atoms with van der Waals surface area (Å²) in [6.45, 7) is 10.9. The van der Waals surface area contributed by atoms with E-state index in [2.05, 4.69) is 31.1 Å². The third-order valence-electron chi connectivity index (χ3n) is 8.39. The van der Waals surface area contributed by atoms with E-state index in [1.807, 2.05) is 26.0 Å². The van der Waals surface area contributed by atoms with Crippen molar-refractivity contribution < 1.29 is 24.2 Å². The molecule has 226 valence electrons. The van der Waals surface area contributed by atoms with E-state index >= 15 is 0 Å². The number of carbonyl (C=O) groups excluding carboxylic acids is 2. The third kappa shape index (κ3) is 9.45. The van der Waals surface area contributed by atoms with Gasteiger partial charge >= 0.3 is 0 Å². The van der Waals surface area contributed by atoms with Crippen LogP contribution in [0.4, 0.5) is 5.69 Å². The van der Waals surface area contributed by atoms with Crippen molar-refractivity contribution in [2.75, 3.05) is 45.2 Å². The van der Waals surface area contributed by atoms with E-state index in [0.717, 1.165) is 64.5 Å². The molecular formula is C32H53N3O5. The Kier molecular flexibility index (Phi) is 13.2. The number of nitrogens with one attached hydrogen (secondary N) is 1. The van der Waals surface area contributed by atoms with Crippen molar-refractivity contribution in [1.29, 1.82) is 0 Å². The maximum atomic E-state index is 14.2. The lowest BCUT2D eigenvalue weighted by atomic mass is 9.88. The molecule has 2 amide bonds. The number of hydrogen-bond acceptors (Lipinski definition) is 6. The SMILES string of the molecule is CCCN(C)C[C@@H]1OCCCC[C@H](C)Oc2ccc(NC(=O)C3CCCCC3)cc2C(=O)N([C@@H](C)CO)C[C@@H]1C. The van der Waals surface area contributed by atoms with Crippen LogP contribution in [0.3, 0.4) is 0 Å². The molecule has 1 saturated carbocycles. The molecule has 2 aliphatic rings. The monoisotopic (exact) mass is 559 g/mol. The van der Waals surface area contributed by atoms with Crippen LogP contribution in [0.1, 0.15) is 95.8 Å². The van der Waals surface area contributed by atoms with Gasteiger partial charge in [-0.2, -0.15) is 0 Å². The Labute approximate surface area is 241 Å². The number of aliphatic hydroxyl groups is 1. The Hall–Kier alpha value is -2.16. The standard InChI is InChI=1S/C32H53N3O5/c1-6-17-34(5)21-30-23(2)20-35(24(3)22-36)32(38)28-19-27(33-31(37)26-13-8-7-9-14-26)15-16-29(28)40-25(4)12-10-11-18-39-30/h15-16,19,23-26,30,36H,6-14,17-18,20-22H2,1-5H3,(H,33,37)/t23-,24-,25-,30-/m0/s1. The van der Waals surface area contributed by atoms with Gasteiger partial charge in [-0.25, -0.2) is 0 Å². The summed E-state index contributed by atoms with van der Waals surface area (Å²) in [6.07, 6.45) is 8.89. The summed E-state index contributed by atoms with van der Waals surface area (Å²) in [7, 11) is 2.11. The van der Waals surface area contributed by atoms with Crippen LogP contribution in [0.15, 0.2) is 18.2 Å². The number of hydrogen-bond donors (Lipinski definition) is 2. The van der Waals surface area contributed by atoms with Gasteiger partial charge in [-0.15, -0.1) is 0 Å². The fourth-order valence-electron chi connectivity index (χ4n) is 5.85. The number of carbonyl (C=O) groups is 2. The summed E-state index contributed by atoms with van der Waals surface area (Å²) in [5, 5.41) is 13.2. The first-order valence-corrected chi connectivity index (χ1v) is 15.6. The maximum Gasteiger partial charge on any atom is 0.258 e. The number of benzene rings is 1. The molecule has 0 saturated heterocycles. The first-order valence-electron chi connectivity index (χ1n) is 15.6. The van der Waals surface area contributed by atoms with E-state index in [4.69, 9.17) is 9.47 Å². The van der Waals surface area contributed by atoms with Gasteiger partial charge in [0.1, 0.15) is 5.75 Å². The minimum atomic E-state index is -0.386. The minimum Gasteiger partial charge on any atom is -0.490 e. The number of likely N-dealkylation sites (N-methyl/N-ethyl adjacent to an activating group) is 1. The van der Waals surface area contributed by atoms with Crippen LogP contribution < -0.4 is 10.1 Å². The summed E-state index contributed by atoms with van der Waals surface area (Å²) in [6, 6.07) is 5.01. The average molecular weight is 560 g/mol. The largest absolute Gasteiger partial charge is 0.490 e. The molecule has 0 unspecified atom stereocenters. The summed E-state index contributed by atoms with van der Waals surface area (Å²) in [4.78, 5) is 31.2. The van der Waals surface area contributed by atoms with Crippen LogP contribution in [-0.2, 0) is 9.53 Å². The Morgan fingerprint density at radius 3 is 2.58 bits per heavy atom. The molecule has 2 N–H and O–H groups in total. The Bertz CT molecular complexity index is 935. The van der Waals surface area contributed by atoms with E-state index < -0.39 is 0 Å². The third-order valence-corrected chi connectivity index (χ3v) is 8.39. The molecule has 1 aromatic carbocycles. The maximum absolute atomic E-state index is 14.2. The van der Waals surface area contributed by atoms with Gasteiger partial charge in [0.25, 0.3) is 5.91 Å². The summed E-state index contributed by atoms with van der Waals surface area (Å²) in [5.41, 5.74) is 1.02. The van der Waals surface area contributed by atoms with E-state index in [1.165, 1.54) is 6.42 Å². The van der Waals surface area contributed by atoms with Gasteiger partial charge < -0.3 is 29.7 Å². The highest BCUT2D eigenvalue weighted by Gasteiger charge is 2.30. The molecule has 0 spiro atoms. The number of amides is 2. The lowest BCUT2D eigenvalue weighted by Crippen LogP contribution is -2.47. The number of ether oxygens (including phenoxy) is 2. The van der Waals surface area contributed by atoms with E-state index in [9.17, 15) is 14.7 Å². The highest BCUT2D eigenvalue weighted by atomic mass is 16.5. The molecule has 1 aromatic rings. The van der Waals surface area contributed by atoms with Crippen molar-refractivity contribution in [2.45, 2.75) is 104 Å². The zero-order valence-corrected chi connectivity index (χ0v) is 25.5. The van der Waals surface area contributed by atoms with Crippen molar-refractivity contribution in [3.05, 3.63) is 23.8 Å². The van der Waals surface area contributed by atoms with Crippen LogP contribution in [0.25, 0.3) is 0 Å². The smallest absolute Gasteiger partial charge is 0.258 e. The molecule has 1 fully saturated rings. The summed E-state index contributed by atoms with van der Waals surface area (Å²) < 4.78 is 12.7. The van der Waals surface area contributed by atoms with Gasteiger partial charge in [-0.05, 0) is 84.2 Å². The van der Waals surface area contributed by atoms with Crippen LogP contribution in [0.5, 0.6) is 5.75 Å². The van der Waals surface area contributed by atoms with E-state index in [1.54, 1.807) is 11.0 Å². The van der Waals surface area contributed by atoms with Crippen LogP contribution >= 0.6 is 0 Å².